The molecule has 0 bridgehead atoms. The monoisotopic (exact) mass is 509 g/mol. The van der Waals surface area contributed by atoms with Crippen molar-refractivity contribution in [3.8, 4) is 11.5 Å². The van der Waals surface area contributed by atoms with Gasteiger partial charge in [0.2, 0.25) is 5.91 Å². The zero-order valence-corrected chi connectivity index (χ0v) is 18.0. The number of hydrogen-bond acceptors (Lipinski definition) is 5. The van der Waals surface area contributed by atoms with Crippen molar-refractivity contribution in [2.24, 2.45) is 5.10 Å². The van der Waals surface area contributed by atoms with E-state index in [-0.39, 0.29) is 12.3 Å². The van der Waals surface area contributed by atoms with E-state index in [1.165, 1.54) is 12.3 Å². The number of nitrogens with zero attached hydrogens (tertiary/aromatic N) is 1. The van der Waals surface area contributed by atoms with Crippen LogP contribution in [0.3, 0.4) is 0 Å². The number of carbonyl (C=O) groups excluding carboxylic acids is 2. The Morgan fingerprint density at radius 2 is 1.96 bits per heavy atom. The molecule has 2 aromatic carbocycles. The summed E-state index contributed by atoms with van der Waals surface area (Å²) in [5.74, 6) is -0.306. The van der Waals surface area contributed by atoms with Gasteiger partial charge in [0, 0.05) is 21.7 Å². The molecule has 0 saturated heterocycles. The lowest BCUT2D eigenvalue weighted by atomic mass is 10.2. The number of benzene rings is 2. The number of methoxy groups -OCH3 is 1. The van der Waals surface area contributed by atoms with E-state index in [0.29, 0.717) is 15.8 Å². The van der Waals surface area contributed by atoms with Crippen LogP contribution in [0, 0.1) is 0 Å². The molecule has 0 aliphatic heterocycles. The lowest BCUT2D eigenvalue weighted by Crippen LogP contribution is -2.34. The summed E-state index contributed by atoms with van der Waals surface area (Å²) < 4.78 is 6.42. The minimum absolute atomic E-state index is 0.00372. The van der Waals surface area contributed by atoms with Gasteiger partial charge < -0.3 is 15.2 Å². The van der Waals surface area contributed by atoms with Crippen molar-refractivity contribution in [3.63, 3.8) is 0 Å². The van der Waals surface area contributed by atoms with E-state index < -0.39 is 11.8 Å². The molecule has 0 fully saturated rings. The first kappa shape index (κ1) is 21.6. The quantitative estimate of drug-likeness (QED) is 0.302. The second-order valence-corrected chi connectivity index (χ2v) is 7.18. The van der Waals surface area contributed by atoms with Gasteiger partial charge in [-0.15, -0.1) is 0 Å². The van der Waals surface area contributed by atoms with Gasteiger partial charge in [0.05, 0.1) is 24.3 Å². The van der Waals surface area contributed by atoms with Crippen molar-refractivity contribution < 1.29 is 19.4 Å². The van der Waals surface area contributed by atoms with Gasteiger partial charge in [-0.3, -0.25) is 9.59 Å². The van der Waals surface area contributed by atoms with E-state index in [1.54, 1.807) is 37.5 Å². The molecule has 0 heterocycles. The van der Waals surface area contributed by atoms with Gasteiger partial charge in [-0.2, -0.15) is 5.10 Å². The highest BCUT2D eigenvalue weighted by molar-refractivity contribution is 9.11. The molecule has 0 atom stereocenters. The van der Waals surface area contributed by atoms with Crippen LogP contribution < -0.4 is 15.5 Å². The molecule has 146 valence electrons. The first-order valence-corrected chi connectivity index (χ1v) is 9.58. The molecular formula is C19H17Br2N3O4. The summed E-state index contributed by atoms with van der Waals surface area (Å²) in [7, 11) is 1.55. The van der Waals surface area contributed by atoms with Gasteiger partial charge in [0.1, 0.15) is 11.5 Å². The van der Waals surface area contributed by atoms with Crippen LogP contribution >= 0.6 is 31.9 Å². The lowest BCUT2D eigenvalue weighted by Gasteiger charge is -2.04. The summed E-state index contributed by atoms with van der Waals surface area (Å²) in [5.41, 5.74) is 3.43. The smallest absolute Gasteiger partial charge is 0.259 e. The third-order valence-corrected chi connectivity index (χ3v) is 4.49. The van der Waals surface area contributed by atoms with Crippen LogP contribution in [-0.4, -0.2) is 36.8 Å². The molecule has 0 saturated carbocycles. The van der Waals surface area contributed by atoms with Crippen molar-refractivity contribution in [2.45, 2.75) is 0 Å². The normalized spacial score (nSPS) is 11.0. The number of hydrazone groups is 1. The second kappa shape index (κ2) is 10.6. The molecule has 7 nitrogen and oxygen atoms in total. The Morgan fingerprint density at radius 1 is 1.21 bits per heavy atom. The van der Waals surface area contributed by atoms with Crippen LogP contribution in [0.2, 0.25) is 0 Å². The summed E-state index contributed by atoms with van der Waals surface area (Å²) in [5, 5.41) is 16.1. The molecule has 2 aromatic rings. The SMILES string of the molecule is COc1ccccc1/C=C/C(=O)NCC(=O)N/N=C/c1cc(Br)cc(Br)c1O. The minimum atomic E-state index is -0.510. The molecule has 2 rings (SSSR count). The van der Waals surface area contributed by atoms with Crippen molar-refractivity contribution in [2.75, 3.05) is 13.7 Å². The Balaban J connectivity index is 1.84. The van der Waals surface area contributed by atoms with Crippen molar-refractivity contribution in [1.82, 2.24) is 10.7 Å². The van der Waals surface area contributed by atoms with Crippen LogP contribution in [-0.2, 0) is 9.59 Å². The number of hydrogen-bond donors (Lipinski definition) is 3. The van der Waals surface area contributed by atoms with Gasteiger partial charge in [0.25, 0.3) is 5.91 Å². The van der Waals surface area contributed by atoms with E-state index in [4.69, 9.17) is 4.74 Å². The predicted molar refractivity (Wildman–Crippen MR) is 114 cm³/mol. The molecule has 0 aliphatic carbocycles. The number of aromatic hydroxyl groups is 1. The molecule has 0 spiro atoms. The number of para-hydroxylation sites is 1. The molecule has 0 unspecified atom stereocenters. The van der Waals surface area contributed by atoms with Crippen molar-refractivity contribution >= 4 is 56.0 Å². The maximum absolute atomic E-state index is 11.8. The molecule has 0 aliphatic rings. The van der Waals surface area contributed by atoms with Gasteiger partial charge in [-0.05, 0) is 40.2 Å². The number of ether oxygens (including phenoxy) is 1. The molecule has 0 aromatic heterocycles. The topological polar surface area (TPSA) is 100 Å². The minimum Gasteiger partial charge on any atom is -0.506 e. The Labute approximate surface area is 178 Å². The molecular weight excluding hydrogens is 494 g/mol. The highest BCUT2D eigenvalue weighted by Crippen LogP contribution is 2.30. The van der Waals surface area contributed by atoms with Crippen molar-refractivity contribution in [3.05, 3.63) is 62.5 Å². The average Bonchev–Trinajstić information content (AvgIpc) is 2.68. The largest absolute Gasteiger partial charge is 0.506 e. The highest BCUT2D eigenvalue weighted by Gasteiger charge is 2.06. The number of amides is 2. The van der Waals surface area contributed by atoms with Crippen molar-refractivity contribution in [1.29, 1.82) is 0 Å². The number of carbonyl (C=O) groups is 2. The lowest BCUT2D eigenvalue weighted by molar-refractivity contribution is -0.123. The number of nitrogens with one attached hydrogen (secondary N) is 2. The average molecular weight is 511 g/mol. The van der Waals surface area contributed by atoms with Crippen LogP contribution in [0.1, 0.15) is 11.1 Å². The van der Waals surface area contributed by atoms with E-state index in [2.05, 4.69) is 47.7 Å². The summed E-state index contributed by atoms with van der Waals surface area (Å²) in [6, 6.07) is 10.6. The third-order valence-electron chi connectivity index (χ3n) is 3.43. The standard InChI is InChI=1S/C19H17Br2N3O4/c1-28-16-5-3-2-4-12(16)6-7-17(25)22-11-18(26)24-23-10-13-8-14(20)9-15(21)19(13)27/h2-10,27H,11H2,1H3,(H,22,25)(H,24,26)/b7-6+,23-10+. The van der Waals surface area contributed by atoms with Gasteiger partial charge in [-0.1, -0.05) is 34.1 Å². The van der Waals surface area contributed by atoms with E-state index in [0.717, 1.165) is 10.0 Å². The van der Waals surface area contributed by atoms with Gasteiger partial charge in [0.15, 0.2) is 0 Å². The summed E-state index contributed by atoms with van der Waals surface area (Å²) in [4.78, 5) is 23.6. The summed E-state index contributed by atoms with van der Waals surface area (Å²) in [6.45, 7) is -0.249. The highest BCUT2D eigenvalue weighted by atomic mass is 79.9. The zero-order chi connectivity index (χ0) is 20.5. The Morgan fingerprint density at radius 3 is 2.71 bits per heavy atom. The van der Waals surface area contributed by atoms with Crippen LogP contribution in [0.15, 0.2) is 56.5 Å². The number of phenolic OH excluding ortho intramolecular Hbond substituents is 1. The van der Waals surface area contributed by atoms with E-state index in [1.807, 2.05) is 12.1 Å². The van der Waals surface area contributed by atoms with Gasteiger partial charge >= 0.3 is 0 Å². The number of phenols is 1. The number of rotatable bonds is 7. The Bertz CT molecular complexity index is 929. The fraction of sp³-hybridized carbons (Fsp3) is 0.105. The van der Waals surface area contributed by atoms with E-state index >= 15 is 0 Å². The molecule has 0 radical (unpaired) electrons. The molecule has 28 heavy (non-hydrogen) atoms. The second-order valence-electron chi connectivity index (χ2n) is 5.41. The zero-order valence-electron chi connectivity index (χ0n) is 14.8. The predicted octanol–water partition coefficient (Wildman–Crippen LogP) is 3.21. The summed E-state index contributed by atoms with van der Waals surface area (Å²) in [6.07, 6.45) is 4.20. The maximum atomic E-state index is 11.8. The van der Waals surface area contributed by atoms with E-state index in [9.17, 15) is 14.7 Å². The maximum Gasteiger partial charge on any atom is 0.259 e. The Kier molecular flexibility index (Phi) is 8.21. The van der Waals surface area contributed by atoms with Crippen LogP contribution in [0.25, 0.3) is 6.08 Å². The number of halogens is 2. The fourth-order valence-corrected chi connectivity index (χ4v) is 3.35. The van der Waals surface area contributed by atoms with Crippen LogP contribution in [0.5, 0.6) is 11.5 Å². The Hall–Kier alpha value is -2.65. The fourth-order valence-electron chi connectivity index (χ4n) is 2.09. The third kappa shape index (κ3) is 6.50. The molecule has 2 amide bonds. The first-order valence-electron chi connectivity index (χ1n) is 7.99. The van der Waals surface area contributed by atoms with Crippen LogP contribution in [0.4, 0.5) is 0 Å². The summed E-state index contributed by atoms with van der Waals surface area (Å²) >= 11 is 6.51. The van der Waals surface area contributed by atoms with Gasteiger partial charge in [-0.25, -0.2) is 5.43 Å². The first-order chi connectivity index (χ1) is 13.4. The molecule has 3 N–H and O–H groups in total. The molecule has 9 heteroatoms.